The van der Waals surface area contributed by atoms with E-state index in [0.717, 1.165) is 62.5 Å². The Morgan fingerprint density at radius 2 is 2.03 bits per heavy atom. The number of halogens is 1. The zero-order valence-corrected chi connectivity index (χ0v) is 19.4. The van der Waals surface area contributed by atoms with Gasteiger partial charge in [-0.25, -0.2) is 13.1 Å². The van der Waals surface area contributed by atoms with Crippen LogP contribution in [0.25, 0.3) is 0 Å². The molecule has 29 heavy (non-hydrogen) atoms. The van der Waals surface area contributed by atoms with Crippen molar-refractivity contribution in [2.24, 2.45) is 11.8 Å². The van der Waals surface area contributed by atoms with Crippen LogP contribution < -0.4 is 9.62 Å². The molecule has 4 rings (SSSR count). The maximum Gasteiger partial charge on any atom is 0.241 e. The molecule has 3 aliphatic rings. The summed E-state index contributed by atoms with van der Waals surface area (Å²) < 4.78 is 29.2. The molecule has 8 heteroatoms. The van der Waals surface area contributed by atoms with E-state index in [1.54, 1.807) is 11.0 Å². The second-order valence-corrected chi connectivity index (χ2v) is 11.3. The standard InChI is InChI=1S/C21H30BrN3O3S/c1-15-4-2-9-24(14-15)10-3-8-23-29(27,28)20-13-19-17(12-18(20)22)7-11-25(19)21(26)16-5-6-16/h12-13,15-16,23H,2-11,14H2,1H3/t15-/m0/s1. The molecule has 0 radical (unpaired) electrons. The molecule has 1 aromatic rings. The first-order valence-corrected chi connectivity index (χ1v) is 13.0. The van der Waals surface area contributed by atoms with Crippen LogP contribution in [0.5, 0.6) is 0 Å². The molecule has 2 aliphatic heterocycles. The van der Waals surface area contributed by atoms with Crippen molar-refractivity contribution in [3.8, 4) is 0 Å². The molecule has 2 fully saturated rings. The van der Waals surface area contributed by atoms with Gasteiger partial charge in [-0.2, -0.15) is 0 Å². The van der Waals surface area contributed by atoms with Crippen molar-refractivity contribution >= 4 is 37.5 Å². The van der Waals surface area contributed by atoms with Gasteiger partial charge in [-0.05, 0) is 91.2 Å². The Hall–Kier alpha value is -0.960. The zero-order valence-electron chi connectivity index (χ0n) is 17.0. The molecule has 1 amide bonds. The third kappa shape index (κ3) is 4.86. The molecule has 1 aromatic carbocycles. The van der Waals surface area contributed by atoms with Crippen LogP contribution >= 0.6 is 15.9 Å². The lowest BCUT2D eigenvalue weighted by Gasteiger charge is -2.30. The number of carbonyl (C=O) groups excluding carboxylic acids is 1. The minimum atomic E-state index is -3.63. The van der Waals surface area contributed by atoms with E-state index in [1.165, 1.54) is 12.8 Å². The predicted octanol–water partition coefficient (Wildman–Crippen LogP) is 3.15. The van der Waals surface area contributed by atoms with Crippen LogP contribution in [0.4, 0.5) is 5.69 Å². The minimum absolute atomic E-state index is 0.125. The monoisotopic (exact) mass is 483 g/mol. The van der Waals surface area contributed by atoms with Crippen molar-refractivity contribution in [1.29, 1.82) is 0 Å². The van der Waals surface area contributed by atoms with E-state index in [1.807, 2.05) is 6.07 Å². The minimum Gasteiger partial charge on any atom is -0.312 e. The summed E-state index contributed by atoms with van der Waals surface area (Å²) in [6, 6.07) is 3.53. The van der Waals surface area contributed by atoms with Crippen molar-refractivity contribution in [3.63, 3.8) is 0 Å². The van der Waals surface area contributed by atoms with Crippen molar-refractivity contribution in [1.82, 2.24) is 9.62 Å². The van der Waals surface area contributed by atoms with Gasteiger partial charge in [-0.1, -0.05) is 6.92 Å². The van der Waals surface area contributed by atoms with Gasteiger partial charge in [-0.15, -0.1) is 0 Å². The second kappa shape index (κ2) is 8.65. The summed E-state index contributed by atoms with van der Waals surface area (Å²) in [6.45, 7) is 6.47. The Balaban J connectivity index is 1.40. The molecular formula is C21H30BrN3O3S. The summed E-state index contributed by atoms with van der Waals surface area (Å²) >= 11 is 3.43. The SMILES string of the molecule is C[C@H]1CCCN(CCCNS(=O)(=O)c2cc3c(cc2Br)CCN3C(=O)C2CC2)C1. The van der Waals surface area contributed by atoms with Gasteiger partial charge in [-0.3, -0.25) is 4.79 Å². The first-order chi connectivity index (χ1) is 13.8. The van der Waals surface area contributed by atoms with Crippen LogP contribution in [0.3, 0.4) is 0 Å². The summed E-state index contributed by atoms with van der Waals surface area (Å²) in [5, 5.41) is 0. The van der Waals surface area contributed by atoms with Gasteiger partial charge < -0.3 is 9.80 Å². The van der Waals surface area contributed by atoms with E-state index in [0.29, 0.717) is 17.6 Å². The van der Waals surface area contributed by atoms with E-state index in [2.05, 4.69) is 32.5 Å². The van der Waals surface area contributed by atoms with Crippen LogP contribution in [-0.2, 0) is 21.2 Å². The Morgan fingerprint density at radius 3 is 2.76 bits per heavy atom. The third-order valence-corrected chi connectivity index (χ3v) is 8.61. The molecule has 0 unspecified atom stereocenters. The fourth-order valence-corrected chi connectivity index (χ4v) is 6.63. The average Bonchev–Trinajstić information content (AvgIpc) is 3.44. The topological polar surface area (TPSA) is 69.7 Å². The number of fused-ring (bicyclic) bond motifs is 1. The maximum absolute atomic E-state index is 12.9. The van der Waals surface area contributed by atoms with Gasteiger partial charge in [0, 0.05) is 35.7 Å². The highest BCUT2D eigenvalue weighted by Gasteiger charge is 2.37. The summed E-state index contributed by atoms with van der Waals surface area (Å²) in [7, 11) is -3.63. The fraction of sp³-hybridized carbons (Fsp3) is 0.667. The quantitative estimate of drug-likeness (QED) is 0.604. The number of carbonyl (C=O) groups is 1. The van der Waals surface area contributed by atoms with E-state index in [4.69, 9.17) is 0 Å². The number of piperidine rings is 1. The lowest BCUT2D eigenvalue weighted by Crippen LogP contribution is -2.36. The first kappa shape index (κ1) is 21.3. The molecule has 2 heterocycles. The largest absolute Gasteiger partial charge is 0.312 e. The Labute approximate surface area is 182 Å². The molecule has 1 N–H and O–H groups in total. The highest BCUT2D eigenvalue weighted by Crippen LogP contribution is 2.39. The van der Waals surface area contributed by atoms with E-state index < -0.39 is 10.0 Å². The molecule has 160 valence electrons. The molecule has 0 spiro atoms. The average molecular weight is 484 g/mol. The number of rotatable bonds is 7. The number of likely N-dealkylation sites (tertiary alicyclic amines) is 1. The molecule has 6 nitrogen and oxygen atoms in total. The third-order valence-electron chi connectivity index (χ3n) is 6.20. The molecule has 1 saturated carbocycles. The van der Waals surface area contributed by atoms with Gasteiger partial charge in [0.05, 0.1) is 4.90 Å². The maximum atomic E-state index is 12.9. The number of nitrogens with zero attached hydrogens (tertiary/aromatic N) is 2. The van der Waals surface area contributed by atoms with Gasteiger partial charge in [0.15, 0.2) is 0 Å². The lowest BCUT2D eigenvalue weighted by atomic mass is 10.0. The summed E-state index contributed by atoms with van der Waals surface area (Å²) in [5.74, 6) is 0.988. The van der Waals surface area contributed by atoms with Crippen LogP contribution in [0.2, 0.25) is 0 Å². The van der Waals surface area contributed by atoms with Crippen molar-refractivity contribution < 1.29 is 13.2 Å². The molecular weight excluding hydrogens is 454 g/mol. The fourth-order valence-electron chi connectivity index (χ4n) is 4.45. The summed E-state index contributed by atoms with van der Waals surface area (Å²) in [5.41, 5.74) is 1.79. The Morgan fingerprint density at radius 1 is 1.24 bits per heavy atom. The van der Waals surface area contributed by atoms with E-state index in [-0.39, 0.29) is 16.7 Å². The summed E-state index contributed by atoms with van der Waals surface area (Å²) in [4.78, 5) is 17.0. The van der Waals surface area contributed by atoms with Crippen molar-refractivity contribution in [2.45, 2.75) is 50.3 Å². The van der Waals surface area contributed by atoms with Crippen LogP contribution in [0.1, 0.15) is 44.6 Å². The number of nitrogens with one attached hydrogen (secondary N) is 1. The van der Waals surface area contributed by atoms with Crippen LogP contribution in [-0.4, -0.2) is 51.9 Å². The van der Waals surface area contributed by atoms with E-state index in [9.17, 15) is 13.2 Å². The van der Waals surface area contributed by atoms with Crippen molar-refractivity contribution in [2.75, 3.05) is 37.6 Å². The number of amides is 1. The predicted molar refractivity (Wildman–Crippen MR) is 118 cm³/mol. The number of hydrogen-bond acceptors (Lipinski definition) is 4. The van der Waals surface area contributed by atoms with Crippen LogP contribution in [0.15, 0.2) is 21.5 Å². The normalized spacial score (nSPS) is 22.7. The van der Waals surface area contributed by atoms with Gasteiger partial charge in [0.2, 0.25) is 15.9 Å². The number of benzene rings is 1. The molecule has 1 atom stereocenters. The van der Waals surface area contributed by atoms with E-state index >= 15 is 0 Å². The van der Waals surface area contributed by atoms with Crippen LogP contribution in [0, 0.1) is 11.8 Å². The smallest absolute Gasteiger partial charge is 0.241 e. The lowest BCUT2D eigenvalue weighted by molar-refractivity contribution is -0.119. The van der Waals surface area contributed by atoms with Gasteiger partial charge in [0.1, 0.15) is 0 Å². The highest BCUT2D eigenvalue weighted by atomic mass is 79.9. The highest BCUT2D eigenvalue weighted by molar-refractivity contribution is 9.10. The molecule has 0 bridgehead atoms. The van der Waals surface area contributed by atoms with Gasteiger partial charge in [0.25, 0.3) is 0 Å². The Kier molecular flexibility index (Phi) is 6.35. The number of hydrogen-bond donors (Lipinski definition) is 1. The number of sulfonamides is 1. The van der Waals surface area contributed by atoms with Crippen molar-refractivity contribution in [3.05, 3.63) is 22.2 Å². The second-order valence-electron chi connectivity index (χ2n) is 8.72. The molecule has 0 aromatic heterocycles. The Bertz CT molecular complexity index is 885. The number of anilines is 1. The zero-order chi connectivity index (χ0) is 20.6. The first-order valence-electron chi connectivity index (χ1n) is 10.7. The molecule has 1 aliphatic carbocycles. The molecule has 1 saturated heterocycles. The van der Waals surface area contributed by atoms with Gasteiger partial charge >= 0.3 is 0 Å². The summed E-state index contributed by atoms with van der Waals surface area (Å²) in [6.07, 6.45) is 5.98.